The molecule has 8 heteroatoms. The van der Waals surface area contributed by atoms with Crippen molar-refractivity contribution in [3.8, 4) is 11.5 Å². The van der Waals surface area contributed by atoms with E-state index >= 15 is 0 Å². The van der Waals surface area contributed by atoms with E-state index in [1.807, 2.05) is 13.8 Å². The van der Waals surface area contributed by atoms with E-state index in [4.69, 9.17) is 14.2 Å². The average molecular weight is 459 g/mol. The minimum absolute atomic E-state index is 0.109. The van der Waals surface area contributed by atoms with Crippen LogP contribution in [-0.2, 0) is 19.4 Å². The molecule has 170 valence electrons. The molecular weight excluding hydrogens is 432 g/mol. The number of Topliss-reactive ketones (excluding diaryl/α,β-unsaturated/α-hetero) is 1. The molecule has 2 aliphatic rings. The van der Waals surface area contributed by atoms with Gasteiger partial charge in [-0.15, -0.1) is 0 Å². The second-order valence-electron chi connectivity index (χ2n) is 8.31. The first-order valence-electron chi connectivity index (χ1n) is 10.7. The predicted octanol–water partition coefficient (Wildman–Crippen LogP) is 3.59. The molecule has 7 nitrogen and oxygen atoms in total. The summed E-state index contributed by atoms with van der Waals surface area (Å²) in [7, 11) is -3.99. The van der Waals surface area contributed by atoms with Gasteiger partial charge in [0.05, 0.1) is 4.90 Å². The average Bonchev–Trinajstić information content (AvgIpc) is 3.30. The number of carbonyl (C=O) groups is 2. The number of fused-ring (bicyclic) bond motifs is 1. The molecule has 1 fully saturated rings. The normalized spacial score (nSPS) is 17.1. The number of sulfone groups is 1. The van der Waals surface area contributed by atoms with Gasteiger partial charge in [0.2, 0.25) is 0 Å². The summed E-state index contributed by atoms with van der Waals surface area (Å²) in [5.74, 6) is -0.293. The van der Waals surface area contributed by atoms with Crippen LogP contribution in [0.2, 0.25) is 0 Å². The van der Waals surface area contributed by atoms with Gasteiger partial charge in [0, 0.05) is 5.56 Å². The number of esters is 1. The Morgan fingerprint density at radius 1 is 0.938 bits per heavy atom. The maximum Gasteiger partial charge on any atom is 0.328 e. The van der Waals surface area contributed by atoms with Crippen molar-refractivity contribution in [2.75, 3.05) is 19.8 Å². The number of hydrogen-bond donors (Lipinski definition) is 0. The van der Waals surface area contributed by atoms with Crippen LogP contribution in [0.4, 0.5) is 0 Å². The first-order chi connectivity index (χ1) is 15.2. The van der Waals surface area contributed by atoms with Crippen molar-refractivity contribution in [3.05, 3.63) is 53.1 Å². The van der Waals surface area contributed by atoms with Crippen LogP contribution >= 0.6 is 0 Å². The Balaban J connectivity index is 1.53. The lowest BCUT2D eigenvalue weighted by molar-refractivity contribution is -0.145. The SMILES string of the molecule is Cc1ccc(S(=O)(=O)C2(C(=O)OCC(=O)c3ccc4c(c3)OCCO4)CCCC2)cc1C. The summed E-state index contributed by atoms with van der Waals surface area (Å²) in [6.45, 7) is 4.02. The summed E-state index contributed by atoms with van der Waals surface area (Å²) in [5, 5.41) is 0. The highest BCUT2D eigenvalue weighted by Crippen LogP contribution is 2.42. The molecule has 1 saturated carbocycles. The van der Waals surface area contributed by atoms with Gasteiger partial charge >= 0.3 is 5.97 Å². The van der Waals surface area contributed by atoms with E-state index in [9.17, 15) is 18.0 Å². The Morgan fingerprint density at radius 2 is 1.62 bits per heavy atom. The van der Waals surface area contributed by atoms with Crippen LogP contribution in [-0.4, -0.2) is 44.7 Å². The van der Waals surface area contributed by atoms with Gasteiger partial charge in [0.25, 0.3) is 0 Å². The molecule has 0 unspecified atom stereocenters. The van der Waals surface area contributed by atoms with Gasteiger partial charge in [-0.25, -0.2) is 8.42 Å². The van der Waals surface area contributed by atoms with Gasteiger partial charge in [-0.1, -0.05) is 18.9 Å². The third-order valence-corrected chi connectivity index (χ3v) is 8.76. The summed E-state index contributed by atoms with van der Waals surface area (Å²) in [5.41, 5.74) is 2.11. The molecule has 0 amide bonds. The van der Waals surface area contributed by atoms with Crippen molar-refractivity contribution in [3.63, 3.8) is 0 Å². The highest BCUT2D eigenvalue weighted by atomic mass is 32.2. The molecule has 1 heterocycles. The molecule has 2 aromatic rings. The van der Waals surface area contributed by atoms with Crippen LogP contribution in [0.3, 0.4) is 0 Å². The largest absolute Gasteiger partial charge is 0.486 e. The monoisotopic (exact) mass is 458 g/mol. The van der Waals surface area contributed by atoms with Crippen molar-refractivity contribution in [2.24, 2.45) is 0 Å². The predicted molar refractivity (Wildman–Crippen MR) is 117 cm³/mol. The second-order valence-corrected chi connectivity index (χ2v) is 10.6. The molecule has 0 radical (unpaired) electrons. The molecule has 0 aromatic heterocycles. The number of rotatable bonds is 6. The number of ketones is 1. The van der Waals surface area contributed by atoms with Crippen LogP contribution < -0.4 is 9.47 Å². The van der Waals surface area contributed by atoms with E-state index in [0.29, 0.717) is 43.1 Å². The van der Waals surface area contributed by atoms with Gasteiger partial charge in [-0.3, -0.25) is 9.59 Å². The zero-order chi connectivity index (χ0) is 22.9. The third kappa shape index (κ3) is 3.88. The molecular formula is C24H26O7S. The van der Waals surface area contributed by atoms with E-state index in [1.165, 1.54) is 6.07 Å². The molecule has 4 rings (SSSR count). The summed E-state index contributed by atoms with van der Waals surface area (Å²) < 4.78 is 41.6. The first kappa shape index (κ1) is 22.3. The molecule has 0 atom stereocenters. The van der Waals surface area contributed by atoms with Crippen molar-refractivity contribution in [2.45, 2.75) is 49.2 Å². The quantitative estimate of drug-likeness (QED) is 0.482. The molecule has 1 aliphatic carbocycles. The number of aryl methyl sites for hydroxylation is 2. The maximum atomic E-state index is 13.5. The summed E-state index contributed by atoms with van der Waals surface area (Å²) >= 11 is 0. The van der Waals surface area contributed by atoms with Crippen molar-refractivity contribution < 1.29 is 32.2 Å². The zero-order valence-electron chi connectivity index (χ0n) is 18.2. The van der Waals surface area contributed by atoms with Gasteiger partial charge < -0.3 is 14.2 Å². The Hall–Kier alpha value is -2.87. The number of hydrogen-bond acceptors (Lipinski definition) is 7. The highest BCUT2D eigenvalue weighted by Gasteiger charge is 2.54. The van der Waals surface area contributed by atoms with Crippen LogP contribution in [0.5, 0.6) is 11.5 Å². The van der Waals surface area contributed by atoms with E-state index in [0.717, 1.165) is 11.1 Å². The number of ether oxygens (including phenoxy) is 3. The van der Waals surface area contributed by atoms with Crippen LogP contribution in [0.1, 0.15) is 47.2 Å². The van der Waals surface area contributed by atoms with Gasteiger partial charge in [0.1, 0.15) is 13.2 Å². The molecule has 0 saturated heterocycles. The molecule has 32 heavy (non-hydrogen) atoms. The first-order valence-corrected chi connectivity index (χ1v) is 12.1. The molecule has 1 aliphatic heterocycles. The lowest BCUT2D eigenvalue weighted by Crippen LogP contribution is -2.45. The van der Waals surface area contributed by atoms with Crippen molar-refractivity contribution in [1.29, 1.82) is 0 Å². The lowest BCUT2D eigenvalue weighted by atomic mass is 10.1. The van der Waals surface area contributed by atoms with Gasteiger partial charge in [0.15, 0.2) is 38.5 Å². The summed E-state index contributed by atoms with van der Waals surface area (Å²) in [6, 6.07) is 9.61. The number of carbonyl (C=O) groups excluding carboxylic acids is 2. The maximum absolute atomic E-state index is 13.5. The van der Waals surface area contributed by atoms with Crippen molar-refractivity contribution >= 4 is 21.6 Å². The Bertz CT molecular complexity index is 1160. The van der Waals surface area contributed by atoms with E-state index < -0.39 is 32.9 Å². The highest BCUT2D eigenvalue weighted by molar-refractivity contribution is 7.93. The fourth-order valence-corrected chi connectivity index (χ4v) is 6.33. The van der Waals surface area contributed by atoms with Crippen LogP contribution in [0.15, 0.2) is 41.3 Å². The van der Waals surface area contributed by atoms with E-state index in [-0.39, 0.29) is 17.7 Å². The minimum Gasteiger partial charge on any atom is -0.486 e. The van der Waals surface area contributed by atoms with Gasteiger partial charge in [-0.05, 0) is 68.1 Å². The minimum atomic E-state index is -3.99. The second kappa shape index (κ2) is 8.58. The Labute approximate surface area is 187 Å². The zero-order valence-corrected chi connectivity index (χ0v) is 19.0. The number of benzene rings is 2. The molecule has 2 aromatic carbocycles. The van der Waals surface area contributed by atoms with E-state index in [2.05, 4.69) is 0 Å². The topological polar surface area (TPSA) is 96.0 Å². The third-order valence-electron chi connectivity index (χ3n) is 6.28. The fraction of sp³-hybridized carbons (Fsp3) is 0.417. The molecule has 0 N–H and O–H groups in total. The van der Waals surface area contributed by atoms with Crippen LogP contribution in [0, 0.1) is 13.8 Å². The van der Waals surface area contributed by atoms with Crippen molar-refractivity contribution in [1.82, 2.24) is 0 Å². The Morgan fingerprint density at radius 3 is 2.31 bits per heavy atom. The summed E-state index contributed by atoms with van der Waals surface area (Å²) in [4.78, 5) is 25.9. The van der Waals surface area contributed by atoms with Gasteiger partial charge in [-0.2, -0.15) is 0 Å². The standard InChI is InChI=1S/C24H26O7S/c1-16-5-7-19(13-17(16)2)32(27,28)24(9-3-4-10-24)23(26)31-15-20(25)18-6-8-21-22(14-18)30-12-11-29-21/h5-8,13-14H,3-4,9-12,15H2,1-2H3. The summed E-state index contributed by atoms with van der Waals surface area (Å²) in [6.07, 6.45) is 1.57. The Kier molecular flexibility index (Phi) is 5.99. The molecule has 0 bridgehead atoms. The lowest BCUT2D eigenvalue weighted by Gasteiger charge is -2.27. The smallest absolute Gasteiger partial charge is 0.328 e. The van der Waals surface area contributed by atoms with Crippen LogP contribution in [0.25, 0.3) is 0 Å². The fourth-order valence-electron chi connectivity index (χ4n) is 4.20. The molecule has 0 spiro atoms. The van der Waals surface area contributed by atoms with E-state index in [1.54, 1.807) is 30.3 Å².